The minimum atomic E-state index is -0.786. The molecule has 1 aromatic carbocycles. The van der Waals surface area contributed by atoms with E-state index in [1.54, 1.807) is 33.2 Å². The van der Waals surface area contributed by atoms with E-state index in [4.69, 9.17) is 4.74 Å². The molecular formula is C28H48N2O3. The van der Waals surface area contributed by atoms with Gasteiger partial charge in [0.1, 0.15) is 0 Å². The number of amides is 1. The van der Waals surface area contributed by atoms with Gasteiger partial charge in [-0.2, -0.15) is 0 Å². The van der Waals surface area contributed by atoms with Gasteiger partial charge in [-0.25, -0.2) is 4.79 Å². The van der Waals surface area contributed by atoms with E-state index in [-0.39, 0.29) is 5.91 Å². The highest BCUT2D eigenvalue weighted by Crippen LogP contribution is 2.14. The average Bonchev–Trinajstić information content (AvgIpc) is 2.81. The molecular weight excluding hydrogens is 412 g/mol. The molecule has 1 aromatic rings. The molecule has 5 heteroatoms. The third-order valence-electron chi connectivity index (χ3n) is 6.05. The van der Waals surface area contributed by atoms with Gasteiger partial charge < -0.3 is 15.0 Å². The quantitative estimate of drug-likeness (QED) is 0.175. The van der Waals surface area contributed by atoms with Crippen LogP contribution in [-0.4, -0.2) is 43.5 Å². The van der Waals surface area contributed by atoms with Gasteiger partial charge in [-0.3, -0.25) is 4.79 Å². The number of hydrogen-bond donors (Lipinski definition) is 1. The Kier molecular flexibility index (Phi) is 16.2. The van der Waals surface area contributed by atoms with Crippen molar-refractivity contribution in [1.82, 2.24) is 4.90 Å². The number of hydrogen-bond acceptors (Lipinski definition) is 4. The van der Waals surface area contributed by atoms with Crippen molar-refractivity contribution in [3.05, 3.63) is 29.8 Å². The summed E-state index contributed by atoms with van der Waals surface area (Å²) in [6.45, 7) is 4.81. The summed E-state index contributed by atoms with van der Waals surface area (Å²) in [5.41, 5.74) is 1.45. The molecule has 1 rings (SSSR count). The fourth-order valence-corrected chi connectivity index (χ4v) is 3.92. The van der Waals surface area contributed by atoms with E-state index in [1.165, 1.54) is 88.4 Å². The van der Waals surface area contributed by atoms with Gasteiger partial charge in [0.2, 0.25) is 0 Å². The number of carbonyl (C=O) groups is 2. The Hall–Kier alpha value is -2.04. The second-order valence-electron chi connectivity index (χ2n) is 9.38. The predicted molar refractivity (Wildman–Crippen MR) is 139 cm³/mol. The fraction of sp³-hybridized carbons (Fsp3) is 0.714. The van der Waals surface area contributed by atoms with Crippen LogP contribution in [-0.2, 0) is 9.53 Å². The second-order valence-corrected chi connectivity index (χ2v) is 9.38. The summed E-state index contributed by atoms with van der Waals surface area (Å²) in [6.07, 6.45) is 18.3. The lowest BCUT2D eigenvalue weighted by atomic mass is 10.0. The van der Waals surface area contributed by atoms with Crippen LogP contribution in [0.3, 0.4) is 0 Å². The molecule has 0 saturated carbocycles. The molecule has 1 amide bonds. The van der Waals surface area contributed by atoms with E-state index in [0.717, 1.165) is 18.7 Å². The molecule has 188 valence electrons. The van der Waals surface area contributed by atoms with Crippen LogP contribution in [0.1, 0.15) is 114 Å². The molecule has 1 N–H and O–H groups in total. The van der Waals surface area contributed by atoms with Crippen LogP contribution in [0.25, 0.3) is 0 Å². The molecule has 0 aliphatic rings. The number of rotatable bonds is 19. The molecule has 33 heavy (non-hydrogen) atoms. The van der Waals surface area contributed by atoms with Crippen LogP contribution in [0.4, 0.5) is 5.69 Å². The normalized spacial score (nSPS) is 11.8. The number of likely N-dealkylation sites (N-methyl/N-ethyl adjacent to an activating group) is 1. The number of esters is 1. The first kappa shape index (κ1) is 29.0. The molecule has 1 unspecified atom stereocenters. The average molecular weight is 461 g/mol. The lowest BCUT2D eigenvalue weighted by Gasteiger charge is -2.17. The van der Waals surface area contributed by atoms with E-state index in [9.17, 15) is 9.59 Å². The molecule has 0 heterocycles. The van der Waals surface area contributed by atoms with Crippen LogP contribution in [0, 0.1) is 0 Å². The van der Waals surface area contributed by atoms with Crippen LogP contribution >= 0.6 is 0 Å². The molecule has 0 aromatic heterocycles. The SMILES string of the molecule is CCCCCCCCCCCCCCCCNc1ccc(C(=O)OC(C)C(=O)N(C)C)cc1. The Morgan fingerprint density at radius 3 is 1.70 bits per heavy atom. The van der Waals surface area contributed by atoms with Crippen molar-refractivity contribution in [1.29, 1.82) is 0 Å². The van der Waals surface area contributed by atoms with Crippen LogP contribution in [0.15, 0.2) is 24.3 Å². The molecule has 0 radical (unpaired) electrons. The summed E-state index contributed by atoms with van der Waals surface area (Å²) in [5.74, 6) is -0.703. The Morgan fingerprint density at radius 1 is 0.788 bits per heavy atom. The molecule has 0 bridgehead atoms. The highest BCUT2D eigenvalue weighted by atomic mass is 16.5. The van der Waals surface area contributed by atoms with Crippen molar-refractivity contribution < 1.29 is 14.3 Å². The first-order valence-electron chi connectivity index (χ1n) is 13.2. The van der Waals surface area contributed by atoms with Gasteiger partial charge in [0, 0.05) is 26.3 Å². The number of nitrogens with zero attached hydrogens (tertiary/aromatic N) is 1. The van der Waals surface area contributed by atoms with Crippen molar-refractivity contribution in [2.45, 2.75) is 110 Å². The third kappa shape index (κ3) is 14.0. The molecule has 0 aliphatic carbocycles. The molecule has 0 fully saturated rings. The largest absolute Gasteiger partial charge is 0.449 e. The van der Waals surface area contributed by atoms with Crippen molar-refractivity contribution in [3.63, 3.8) is 0 Å². The first-order valence-corrected chi connectivity index (χ1v) is 13.2. The highest BCUT2D eigenvalue weighted by Gasteiger charge is 2.20. The van der Waals surface area contributed by atoms with Crippen molar-refractivity contribution in [3.8, 4) is 0 Å². The number of nitrogens with one attached hydrogen (secondary N) is 1. The first-order chi connectivity index (χ1) is 16.0. The summed E-state index contributed by atoms with van der Waals surface area (Å²) in [5, 5.41) is 3.42. The molecule has 0 saturated heterocycles. The second kappa shape index (κ2) is 18.4. The number of ether oxygens (including phenoxy) is 1. The van der Waals surface area contributed by atoms with E-state index >= 15 is 0 Å². The minimum absolute atomic E-state index is 0.227. The van der Waals surface area contributed by atoms with Gasteiger partial charge in [-0.15, -0.1) is 0 Å². The fourth-order valence-electron chi connectivity index (χ4n) is 3.92. The van der Waals surface area contributed by atoms with Gasteiger partial charge >= 0.3 is 5.97 Å². The topological polar surface area (TPSA) is 58.6 Å². The van der Waals surface area contributed by atoms with E-state index in [1.807, 2.05) is 12.1 Å². The number of benzene rings is 1. The zero-order valence-corrected chi connectivity index (χ0v) is 21.7. The maximum Gasteiger partial charge on any atom is 0.338 e. The summed E-state index contributed by atoms with van der Waals surface area (Å²) in [7, 11) is 3.29. The molecule has 5 nitrogen and oxygen atoms in total. The Morgan fingerprint density at radius 2 is 1.24 bits per heavy atom. The summed E-state index contributed by atoms with van der Waals surface area (Å²) < 4.78 is 5.24. The monoisotopic (exact) mass is 460 g/mol. The molecule has 0 spiro atoms. The molecule has 0 aliphatic heterocycles. The van der Waals surface area contributed by atoms with Gasteiger partial charge in [-0.1, -0.05) is 90.4 Å². The smallest absolute Gasteiger partial charge is 0.338 e. The number of carbonyl (C=O) groups excluding carboxylic acids is 2. The van der Waals surface area contributed by atoms with Crippen LogP contribution in [0.5, 0.6) is 0 Å². The summed E-state index contributed by atoms with van der Waals surface area (Å²) in [4.78, 5) is 25.4. The van der Waals surface area contributed by atoms with E-state index < -0.39 is 12.1 Å². The predicted octanol–water partition coefficient (Wildman–Crippen LogP) is 7.21. The Labute approximate surface area is 202 Å². The number of unbranched alkanes of at least 4 members (excludes halogenated alkanes) is 13. The molecule has 1 atom stereocenters. The minimum Gasteiger partial charge on any atom is -0.449 e. The summed E-state index contributed by atoms with van der Waals surface area (Å²) >= 11 is 0. The van der Waals surface area contributed by atoms with Gasteiger partial charge in [0.25, 0.3) is 5.91 Å². The Balaban J connectivity index is 2.03. The maximum atomic E-state index is 12.2. The van der Waals surface area contributed by atoms with Crippen molar-refractivity contribution in [2.24, 2.45) is 0 Å². The van der Waals surface area contributed by atoms with Gasteiger partial charge in [0.15, 0.2) is 6.10 Å². The van der Waals surface area contributed by atoms with Crippen LogP contribution in [0.2, 0.25) is 0 Å². The highest BCUT2D eigenvalue weighted by molar-refractivity contribution is 5.92. The maximum absolute atomic E-state index is 12.2. The van der Waals surface area contributed by atoms with E-state index in [2.05, 4.69) is 12.2 Å². The number of anilines is 1. The van der Waals surface area contributed by atoms with Crippen LogP contribution < -0.4 is 5.32 Å². The van der Waals surface area contributed by atoms with Gasteiger partial charge in [-0.05, 0) is 37.6 Å². The van der Waals surface area contributed by atoms with Crippen molar-refractivity contribution >= 4 is 17.6 Å². The lowest BCUT2D eigenvalue weighted by Crippen LogP contribution is -2.34. The Bertz CT molecular complexity index is 643. The third-order valence-corrected chi connectivity index (χ3v) is 6.05. The zero-order chi connectivity index (χ0) is 24.3. The standard InChI is InChI=1S/C28H48N2O3/c1-5-6-7-8-9-10-11-12-13-14-15-16-17-18-23-29-26-21-19-25(20-22-26)28(32)33-24(2)27(31)30(3)4/h19-22,24,29H,5-18,23H2,1-4H3. The lowest BCUT2D eigenvalue weighted by molar-refractivity contribution is -0.137. The van der Waals surface area contributed by atoms with E-state index in [0.29, 0.717) is 5.56 Å². The zero-order valence-electron chi connectivity index (χ0n) is 21.7. The summed E-state index contributed by atoms with van der Waals surface area (Å²) in [6, 6.07) is 7.25. The van der Waals surface area contributed by atoms with Gasteiger partial charge in [0.05, 0.1) is 5.56 Å². The van der Waals surface area contributed by atoms with Crippen molar-refractivity contribution in [2.75, 3.05) is 26.0 Å².